The number of amides is 1. The Balaban J connectivity index is 1.21. The molecular formula is C24H29N3O3S. The number of rotatable bonds is 4. The van der Waals surface area contributed by atoms with E-state index in [1.807, 2.05) is 35.2 Å². The average molecular weight is 440 g/mol. The predicted molar refractivity (Wildman–Crippen MR) is 121 cm³/mol. The van der Waals surface area contributed by atoms with Gasteiger partial charge in [0, 0.05) is 38.4 Å². The number of hydrogen-bond donors (Lipinski definition) is 0. The predicted octanol–water partition coefficient (Wildman–Crippen LogP) is 2.46. The molecule has 1 fully saturated rings. The summed E-state index contributed by atoms with van der Waals surface area (Å²) in [7, 11) is -3.48. The molecule has 164 valence electrons. The molecular weight excluding hydrogens is 410 g/mol. The Morgan fingerprint density at radius 3 is 2.39 bits per heavy atom. The van der Waals surface area contributed by atoms with E-state index in [1.165, 1.54) is 16.7 Å². The molecule has 1 amide bonds. The van der Waals surface area contributed by atoms with Crippen molar-refractivity contribution in [1.29, 1.82) is 0 Å². The summed E-state index contributed by atoms with van der Waals surface area (Å²) >= 11 is 0. The van der Waals surface area contributed by atoms with Gasteiger partial charge in [0.2, 0.25) is 15.9 Å². The highest BCUT2D eigenvalue weighted by Crippen LogP contribution is 2.28. The second kappa shape index (κ2) is 8.37. The molecule has 31 heavy (non-hydrogen) atoms. The highest BCUT2D eigenvalue weighted by molar-refractivity contribution is 7.89. The van der Waals surface area contributed by atoms with E-state index in [2.05, 4.69) is 11.0 Å². The van der Waals surface area contributed by atoms with Gasteiger partial charge in [-0.3, -0.25) is 9.69 Å². The van der Waals surface area contributed by atoms with E-state index in [0.717, 1.165) is 44.3 Å². The first-order chi connectivity index (χ1) is 15.0. The number of sulfonamides is 1. The van der Waals surface area contributed by atoms with Gasteiger partial charge in [0.1, 0.15) is 0 Å². The Morgan fingerprint density at radius 2 is 1.55 bits per heavy atom. The number of nitrogens with zero attached hydrogens (tertiary/aromatic N) is 3. The van der Waals surface area contributed by atoms with Crippen LogP contribution >= 0.6 is 0 Å². The molecule has 7 heteroatoms. The number of fused-ring (bicyclic) bond motifs is 2. The van der Waals surface area contributed by atoms with Crippen LogP contribution in [0.5, 0.6) is 0 Å². The number of piperazine rings is 1. The summed E-state index contributed by atoms with van der Waals surface area (Å²) in [5.41, 5.74) is 4.71. The maximum absolute atomic E-state index is 13.1. The smallest absolute Gasteiger partial charge is 0.243 e. The summed E-state index contributed by atoms with van der Waals surface area (Å²) < 4.78 is 27.8. The lowest BCUT2D eigenvalue weighted by molar-refractivity contribution is -0.120. The third-order valence-corrected chi connectivity index (χ3v) is 8.70. The molecule has 1 aliphatic carbocycles. The van der Waals surface area contributed by atoms with Crippen molar-refractivity contribution in [3.8, 4) is 0 Å². The zero-order valence-corrected chi connectivity index (χ0v) is 18.6. The molecule has 0 atom stereocenters. The summed E-state index contributed by atoms with van der Waals surface area (Å²) in [6.45, 7) is 3.08. The van der Waals surface area contributed by atoms with Crippen molar-refractivity contribution in [2.24, 2.45) is 0 Å². The second-order valence-corrected chi connectivity index (χ2v) is 10.7. The highest BCUT2D eigenvalue weighted by atomic mass is 32.2. The Labute approximate surface area is 184 Å². The van der Waals surface area contributed by atoms with Crippen molar-refractivity contribution in [3.05, 3.63) is 59.2 Å². The normalized spacial score (nSPS) is 19.8. The van der Waals surface area contributed by atoms with Crippen LogP contribution in [0.2, 0.25) is 0 Å². The fraction of sp³-hybridized carbons (Fsp3) is 0.458. The molecule has 0 N–H and O–H groups in total. The van der Waals surface area contributed by atoms with E-state index in [9.17, 15) is 13.2 Å². The Kier molecular flexibility index (Phi) is 5.58. The Bertz CT molecular complexity index is 1090. The first kappa shape index (κ1) is 20.7. The standard InChI is InChI=1S/C24H29N3O3S/c28-24(27-12-4-8-20-5-1-2-9-23(20)27)18-25-13-15-26(16-14-25)31(29,30)22-11-10-19-6-3-7-21(19)17-22/h1-2,5,9-11,17H,3-4,6-8,12-16,18H2. The molecule has 6 nitrogen and oxygen atoms in total. The number of carbonyl (C=O) groups excluding carboxylic acids is 1. The average Bonchev–Trinajstić information content (AvgIpc) is 3.27. The third-order valence-electron chi connectivity index (χ3n) is 6.81. The zero-order chi connectivity index (χ0) is 21.4. The van der Waals surface area contributed by atoms with Gasteiger partial charge >= 0.3 is 0 Å². The Hall–Kier alpha value is -2.22. The SMILES string of the molecule is O=C(CN1CCN(S(=O)(=O)c2ccc3c(c2)CCC3)CC1)N1CCCc2ccccc21. The molecule has 0 aromatic heterocycles. The fourth-order valence-electron chi connectivity index (χ4n) is 5.06. The third kappa shape index (κ3) is 4.02. The van der Waals surface area contributed by atoms with E-state index in [-0.39, 0.29) is 5.91 Å². The minimum Gasteiger partial charge on any atom is -0.311 e. The molecule has 2 aromatic rings. The first-order valence-corrected chi connectivity index (χ1v) is 12.7. The number of aryl methyl sites for hydroxylation is 3. The van der Waals surface area contributed by atoms with Crippen LogP contribution in [0.25, 0.3) is 0 Å². The van der Waals surface area contributed by atoms with Crippen LogP contribution in [0.1, 0.15) is 29.5 Å². The largest absolute Gasteiger partial charge is 0.311 e. The van der Waals surface area contributed by atoms with Crippen molar-refractivity contribution >= 4 is 21.6 Å². The van der Waals surface area contributed by atoms with Gasteiger partial charge in [0.05, 0.1) is 11.4 Å². The lowest BCUT2D eigenvalue weighted by Gasteiger charge is -2.36. The van der Waals surface area contributed by atoms with Gasteiger partial charge < -0.3 is 4.90 Å². The maximum Gasteiger partial charge on any atom is 0.243 e. The highest BCUT2D eigenvalue weighted by Gasteiger charge is 2.31. The molecule has 2 aliphatic heterocycles. The number of hydrogen-bond acceptors (Lipinski definition) is 4. The van der Waals surface area contributed by atoms with E-state index in [0.29, 0.717) is 37.6 Å². The van der Waals surface area contributed by atoms with Crippen molar-refractivity contribution in [1.82, 2.24) is 9.21 Å². The topological polar surface area (TPSA) is 60.9 Å². The minimum absolute atomic E-state index is 0.0991. The van der Waals surface area contributed by atoms with Gasteiger partial charge in [-0.2, -0.15) is 4.31 Å². The van der Waals surface area contributed by atoms with Gasteiger partial charge in [-0.05, 0) is 67.0 Å². The molecule has 3 aliphatic rings. The van der Waals surface area contributed by atoms with Crippen molar-refractivity contribution in [2.45, 2.75) is 37.0 Å². The van der Waals surface area contributed by atoms with E-state index >= 15 is 0 Å². The van der Waals surface area contributed by atoms with Crippen molar-refractivity contribution < 1.29 is 13.2 Å². The lowest BCUT2D eigenvalue weighted by Crippen LogP contribution is -2.52. The molecule has 0 unspecified atom stereocenters. The minimum atomic E-state index is -3.48. The van der Waals surface area contributed by atoms with Gasteiger partial charge in [-0.1, -0.05) is 24.3 Å². The summed E-state index contributed by atoms with van der Waals surface area (Å²) in [6.07, 6.45) is 5.11. The van der Waals surface area contributed by atoms with Gasteiger partial charge in [-0.25, -0.2) is 8.42 Å². The van der Waals surface area contributed by atoms with Crippen LogP contribution in [-0.4, -0.2) is 62.8 Å². The number of benzene rings is 2. The Morgan fingerprint density at radius 1 is 0.806 bits per heavy atom. The van der Waals surface area contributed by atoms with Crippen LogP contribution in [0.15, 0.2) is 47.4 Å². The number of carbonyl (C=O) groups is 1. The summed E-state index contributed by atoms with van der Waals surface area (Å²) in [5, 5.41) is 0. The number of anilines is 1. The van der Waals surface area contributed by atoms with Crippen LogP contribution in [0, 0.1) is 0 Å². The zero-order valence-electron chi connectivity index (χ0n) is 17.8. The summed E-state index contributed by atoms with van der Waals surface area (Å²) in [5.74, 6) is 0.0991. The van der Waals surface area contributed by atoms with Gasteiger partial charge in [0.15, 0.2) is 0 Å². The van der Waals surface area contributed by atoms with Crippen LogP contribution in [-0.2, 0) is 34.1 Å². The van der Waals surface area contributed by atoms with Crippen LogP contribution < -0.4 is 4.90 Å². The molecule has 5 rings (SSSR count). The van der Waals surface area contributed by atoms with Crippen molar-refractivity contribution in [3.63, 3.8) is 0 Å². The second-order valence-electron chi connectivity index (χ2n) is 8.74. The lowest BCUT2D eigenvalue weighted by atomic mass is 10.0. The summed E-state index contributed by atoms with van der Waals surface area (Å²) in [4.78, 5) is 17.4. The van der Waals surface area contributed by atoms with Gasteiger partial charge in [0.25, 0.3) is 0 Å². The summed E-state index contributed by atoms with van der Waals surface area (Å²) in [6, 6.07) is 13.7. The molecule has 0 spiro atoms. The molecule has 2 aromatic carbocycles. The molecule has 0 saturated carbocycles. The first-order valence-electron chi connectivity index (χ1n) is 11.2. The van der Waals surface area contributed by atoms with Crippen LogP contribution in [0.4, 0.5) is 5.69 Å². The van der Waals surface area contributed by atoms with Crippen molar-refractivity contribution in [2.75, 3.05) is 44.2 Å². The maximum atomic E-state index is 13.1. The van der Waals surface area contributed by atoms with Gasteiger partial charge in [-0.15, -0.1) is 0 Å². The molecule has 0 bridgehead atoms. The van der Waals surface area contributed by atoms with Crippen LogP contribution in [0.3, 0.4) is 0 Å². The number of para-hydroxylation sites is 1. The fourth-order valence-corrected chi connectivity index (χ4v) is 6.53. The van der Waals surface area contributed by atoms with E-state index in [1.54, 1.807) is 10.4 Å². The molecule has 0 radical (unpaired) electrons. The van der Waals surface area contributed by atoms with E-state index in [4.69, 9.17) is 0 Å². The van der Waals surface area contributed by atoms with E-state index < -0.39 is 10.0 Å². The monoisotopic (exact) mass is 439 g/mol. The molecule has 2 heterocycles. The quantitative estimate of drug-likeness (QED) is 0.734. The molecule has 1 saturated heterocycles.